The number of carbonyl (C=O) groups is 1. The number of carbonyl (C=O) groups excluding carboxylic acids is 1. The molecule has 0 unspecified atom stereocenters. The summed E-state index contributed by atoms with van der Waals surface area (Å²) < 4.78 is 28.4. The Labute approximate surface area is 167 Å². The van der Waals surface area contributed by atoms with E-state index in [2.05, 4.69) is 32.8 Å². The lowest BCUT2D eigenvalue weighted by Crippen LogP contribution is -2.37. The first-order valence-corrected chi connectivity index (χ1v) is 10.9. The summed E-state index contributed by atoms with van der Waals surface area (Å²) in [6.07, 6.45) is 0.602. The topological polar surface area (TPSA) is 86.4 Å². The predicted octanol–water partition coefficient (Wildman–Crippen LogP) is 2.17. The third-order valence-electron chi connectivity index (χ3n) is 4.47. The molecule has 1 aromatic carbocycles. The number of aromatic amines is 1. The normalized spacial score (nSPS) is 16.5. The second-order valence-electron chi connectivity index (χ2n) is 6.32. The van der Waals surface area contributed by atoms with E-state index >= 15 is 0 Å². The summed E-state index contributed by atoms with van der Waals surface area (Å²) in [5.74, 6) is -0.0570. The second kappa shape index (κ2) is 7.65. The molecule has 0 spiro atoms. The number of aryl methyl sites for hydroxylation is 2. The van der Waals surface area contributed by atoms with E-state index in [0.29, 0.717) is 43.0 Å². The SMILES string of the molecule is Cc1n[nH]c(C)c1S(=O)(=O)N1CCCN(C(=O)c2cccc(I)c2)CC1. The molecule has 1 amide bonds. The van der Waals surface area contributed by atoms with E-state index < -0.39 is 10.0 Å². The molecule has 0 saturated carbocycles. The molecule has 9 heteroatoms. The first kappa shape index (κ1) is 19.3. The molecular weight excluding hydrogens is 467 g/mol. The zero-order chi connectivity index (χ0) is 18.9. The Kier molecular flexibility index (Phi) is 5.68. The summed E-state index contributed by atoms with van der Waals surface area (Å²) in [5.41, 5.74) is 1.65. The van der Waals surface area contributed by atoms with Gasteiger partial charge in [0.25, 0.3) is 5.91 Å². The molecule has 1 fully saturated rings. The van der Waals surface area contributed by atoms with E-state index in [4.69, 9.17) is 0 Å². The van der Waals surface area contributed by atoms with Crippen LogP contribution in [0.15, 0.2) is 29.2 Å². The van der Waals surface area contributed by atoms with Crippen molar-refractivity contribution in [1.82, 2.24) is 19.4 Å². The van der Waals surface area contributed by atoms with Crippen molar-refractivity contribution in [2.24, 2.45) is 0 Å². The second-order valence-corrected chi connectivity index (χ2v) is 9.44. The van der Waals surface area contributed by atoms with Crippen molar-refractivity contribution in [2.75, 3.05) is 26.2 Å². The van der Waals surface area contributed by atoms with Crippen LogP contribution in [0.1, 0.15) is 28.2 Å². The summed E-state index contributed by atoms with van der Waals surface area (Å²) in [7, 11) is -3.62. The average Bonchev–Trinajstić information content (AvgIpc) is 2.81. The van der Waals surface area contributed by atoms with Gasteiger partial charge in [-0.1, -0.05) is 6.07 Å². The van der Waals surface area contributed by atoms with Gasteiger partial charge in [-0.25, -0.2) is 8.42 Å². The maximum absolute atomic E-state index is 13.0. The summed E-state index contributed by atoms with van der Waals surface area (Å²) in [5, 5.41) is 6.73. The Bertz CT molecular complexity index is 906. The predicted molar refractivity (Wildman–Crippen MR) is 107 cm³/mol. The Morgan fingerprint density at radius 2 is 1.96 bits per heavy atom. The zero-order valence-corrected chi connectivity index (χ0v) is 17.7. The molecule has 2 aromatic rings. The molecule has 2 heterocycles. The van der Waals surface area contributed by atoms with Crippen LogP contribution in [-0.2, 0) is 10.0 Å². The van der Waals surface area contributed by atoms with E-state index in [0.717, 1.165) is 3.57 Å². The first-order chi connectivity index (χ1) is 12.3. The maximum atomic E-state index is 13.0. The Morgan fingerprint density at radius 3 is 2.62 bits per heavy atom. The Morgan fingerprint density at radius 1 is 1.19 bits per heavy atom. The molecule has 0 radical (unpaired) electrons. The molecule has 26 heavy (non-hydrogen) atoms. The van der Waals surface area contributed by atoms with E-state index in [-0.39, 0.29) is 17.3 Å². The van der Waals surface area contributed by atoms with Crippen LogP contribution in [0, 0.1) is 17.4 Å². The van der Waals surface area contributed by atoms with Gasteiger partial charge in [-0.05, 0) is 61.1 Å². The third kappa shape index (κ3) is 3.79. The van der Waals surface area contributed by atoms with E-state index in [1.54, 1.807) is 24.8 Å². The molecule has 7 nitrogen and oxygen atoms in total. The molecule has 0 bridgehead atoms. The Hall–Kier alpha value is -1.46. The van der Waals surface area contributed by atoms with E-state index in [1.165, 1.54) is 4.31 Å². The van der Waals surface area contributed by atoms with E-state index in [1.807, 2.05) is 18.2 Å². The molecule has 1 saturated heterocycles. The molecule has 140 valence electrons. The minimum Gasteiger partial charge on any atom is -0.337 e. The van der Waals surface area contributed by atoms with Crippen LogP contribution in [0.3, 0.4) is 0 Å². The minimum absolute atomic E-state index is 0.0570. The van der Waals surface area contributed by atoms with Crippen molar-refractivity contribution in [3.63, 3.8) is 0 Å². The zero-order valence-electron chi connectivity index (χ0n) is 14.7. The molecule has 0 aliphatic carbocycles. The summed E-state index contributed by atoms with van der Waals surface area (Å²) in [4.78, 5) is 14.7. The molecular formula is C17H21IN4O3S. The Balaban J connectivity index is 1.77. The highest BCUT2D eigenvalue weighted by Crippen LogP contribution is 2.23. The quantitative estimate of drug-likeness (QED) is 0.672. The van der Waals surface area contributed by atoms with Gasteiger partial charge in [-0.15, -0.1) is 0 Å². The van der Waals surface area contributed by atoms with Gasteiger partial charge < -0.3 is 4.90 Å². The molecule has 1 N–H and O–H groups in total. The van der Waals surface area contributed by atoms with E-state index in [9.17, 15) is 13.2 Å². The van der Waals surface area contributed by atoms with Crippen molar-refractivity contribution >= 4 is 38.5 Å². The lowest BCUT2D eigenvalue weighted by atomic mass is 10.2. The van der Waals surface area contributed by atoms with Crippen LogP contribution in [0.5, 0.6) is 0 Å². The molecule has 0 atom stereocenters. The fraction of sp³-hybridized carbons (Fsp3) is 0.412. The number of amides is 1. The molecule has 1 aliphatic heterocycles. The summed E-state index contributed by atoms with van der Waals surface area (Å²) >= 11 is 2.18. The summed E-state index contributed by atoms with van der Waals surface area (Å²) in [6, 6.07) is 7.43. The number of rotatable bonds is 3. The molecule has 1 aromatic heterocycles. The highest BCUT2D eigenvalue weighted by molar-refractivity contribution is 14.1. The number of H-pyrrole nitrogens is 1. The van der Waals surface area contributed by atoms with Gasteiger partial charge in [0.05, 0.1) is 11.4 Å². The number of hydrogen-bond donors (Lipinski definition) is 1. The fourth-order valence-electron chi connectivity index (χ4n) is 3.19. The van der Waals surface area contributed by atoms with Crippen LogP contribution < -0.4 is 0 Å². The van der Waals surface area contributed by atoms with Crippen LogP contribution in [0.25, 0.3) is 0 Å². The van der Waals surface area contributed by atoms with Crippen molar-refractivity contribution in [3.8, 4) is 0 Å². The van der Waals surface area contributed by atoms with Gasteiger partial charge >= 0.3 is 0 Å². The van der Waals surface area contributed by atoms with Crippen LogP contribution in [0.2, 0.25) is 0 Å². The van der Waals surface area contributed by atoms with Crippen molar-refractivity contribution in [2.45, 2.75) is 25.2 Å². The highest BCUT2D eigenvalue weighted by Gasteiger charge is 2.32. The van der Waals surface area contributed by atoms with Gasteiger partial charge in [0.1, 0.15) is 4.90 Å². The standard InChI is InChI=1S/C17H21IN4O3S/c1-12-16(13(2)20-19-12)26(24,25)22-8-4-7-21(9-10-22)17(23)14-5-3-6-15(18)11-14/h3,5-6,11H,4,7-10H2,1-2H3,(H,19,20). The number of hydrogen-bond acceptors (Lipinski definition) is 4. The number of nitrogens with zero attached hydrogens (tertiary/aromatic N) is 3. The first-order valence-electron chi connectivity index (χ1n) is 8.37. The largest absolute Gasteiger partial charge is 0.337 e. The maximum Gasteiger partial charge on any atom is 0.253 e. The van der Waals surface area contributed by atoms with Crippen molar-refractivity contribution < 1.29 is 13.2 Å². The monoisotopic (exact) mass is 488 g/mol. The minimum atomic E-state index is -3.62. The van der Waals surface area contributed by atoms with Gasteiger partial charge in [-0.2, -0.15) is 9.40 Å². The van der Waals surface area contributed by atoms with Crippen molar-refractivity contribution in [1.29, 1.82) is 0 Å². The van der Waals surface area contributed by atoms with Gasteiger partial charge in [-0.3, -0.25) is 9.89 Å². The number of nitrogens with one attached hydrogen (secondary N) is 1. The van der Waals surface area contributed by atoms with Crippen molar-refractivity contribution in [3.05, 3.63) is 44.8 Å². The van der Waals surface area contributed by atoms with Gasteiger partial charge in [0.2, 0.25) is 10.0 Å². The number of halogens is 1. The highest BCUT2D eigenvalue weighted by atomic mass is 127. The van der Waals surface area contributed by atoms with Crippen LogP contribution in [0.4, 0.5) is 0 Å². The lowest BCUT2D eigenvalue weighted by molar-refractivity contribution is 0.0764. The van der Waals surface area contributed by atoms with Gasteiger partial charge in [0, 0.05) is 35.3 Å². The average molecular weight is 488 g/mol. The van der Waals surface area contributed by atoms with Crippen LogP contribution in [-0.4, -0.2) is 59.9 Å². The van der Waals surface area contributed by atoms with Crippen LogP contribution >= 0.6 is 22.6 Å². The fourth-order valence-corrected chi connectivity index (χ4v) is 5.54. The third-order valence-corrected chi connectivity index (χ3v) is 7.31. The number of sulfonamides is 1. The summed E-state index contributed by atoms with van der Waals surface area (Å²) in [6.45, 7) is 4.97. The number of aromatic nitrogens is 2. The smallest absolute Gasteiger partial charge is 0.253 e. The molecule has 3 rings (SSSR count). The lowest BCUT2D eigenvalue weighted by Gasteiger charge is -2.22. The molecule has 1 aliphatic rings. The number of benzene rings is 1. The van der Waals surface area contributed by atoms with Gasteiger partial charge in [0.15, 0.2) is 0 Å².